The highest BCUT2D eigenvalue weighted by Gasteiger charge is 2.25. The van der Waals surface area contributed by atoms with Crippen molar-refractivity contribution in [2.24, 2.45) is 11.7 Å². The van der Waals surface area contributed by atoms with E-state index in [1.165, 1.54) is 11.3 Å². The first-order valence-corrected chi connectivity index (χ1v) is 11.7. The highest BCUT2D eigenvalue weighted by molar-refractivity contribution is 7.91. The lowest BCUT2D eigenvalue weighted by Gasteiger charge is -2.21. The van der Waals surface area contributed by atoms with Crippen molar-refractivity contribution in [2.45, 2.75) is 19.3 Å². The highest BCUT2D eigenvalue weighted by atomic mass is 32.2. The first kappa shape index (κ1) is 18.9. The van der Waals surface area contributed by atoms with Gasteiger partial charge in [0.25, 0.3) is 5.91 Å². The normalized spacial score (nSPS) is 17.0. The molecule has 1 saturated heterocycles. The Balaban J connectivity index is 1.74. The molecule has 0 aliphatic carbocycles. The number of nitrogens with one attached hydrogen (secondary N) is 1. The third-order valence-electron chi connectivity index (χ3n) is 5.39. The molecule has 3 aromatic rings. The Hall–Kier alpha value is -2.45. The summed E-state index contributed by atoms with van der Waals surface area (Å²) in [5.41, 5.74) is 9.45. The number of benzene rings is 1. The van der Waals surface area contributed by atoms with Crippen molar-refractivity contribution in [2.75, 3.05) is 11.5 Å². The fourth-order valence-electron chi connectivity index (χ4n) is 3.84. The van der Waals surface area contributed by atoms with Crippen LogP contribution in [0.3, 0.4) is 0 Å². The number of primary amides is 1. The van der Waals surface area contributed by atoms with E-state index < -0.39 is 15.7 Å². The van der Waals surface area contributed by atoms with Gasteiger partial charge in [0.1, 0.15) is 9.84 Å². The Bertz CT molecular complexity index is 1160. The van der Waals surface area contributed by atoms with Crippen LogP contribution in [0.15, 0.2) is 29.8 Å². The molecule has 3 N–H and O–H groups in total. The molecule has 0 saturated carbocycles. The average molecular weight is 417 g/mol. The predicted octanol–water partition coefficient (Wildman–Crippen LogP) is 3.18. The Labute approximate surface area is 166 Å². The second-order valence-corrected chi connectivity index (χ2v) is 10.5. The van der Waals surface area contributed by atoms with E-state index in [2.05, 4.69) is 4.98 Å². The third kappa shape index (κ3) is 3.62. The van der Waals surface area contributed by atoms with Crippen molar-refractivity contribution in [3.63, 3.8) is 0 Å². The van der Waals surface area contributed by atoms with E-state index in [0.29, 0.717) is 34.7 Å². The number of thiophene rings is 1. The number of carbonyl (C=O) groups excluding carboxylic acids is 2. The second-order valence-electron chi connectivity index (χ2n) is 7.28. The van der Waals surface area contributed by atoms with Gasteiger partial charge in [-0.15, -0.1) is 11.3 Å². The van der Waals surface area contributed by atoms with E-state index in [9.17, 15) is 18.0 Å². The fraction of sp³-hybridized carbons (Fsp3) is 0.300. The molecule has 1 fully saturated rings. The van der Waals surface area contributed by atoms with Crippen LogP contribution in [-0.2, 0) is 16.3 Å². The van der Waals surface area contributed by atoms with Crippen LogP contribution in [0, 0.1) is 5.92 Å². The molecule has 3 heterocycles. The molecule has 0 unspecified atom stereocenters. The van der Waals surface area contributed by atoms with E-state index >= 15 is 0 Å². The van der Waals surface area contributed by atoms with Gasteiger partial charge in [-0.25, -0.2) is 8.42 Å². The minimum atomic E-state index is -2.89. The summed E-state index contributed by atoms with van der Waals surface area (Å²) in [6.45, 7) is 0. The highest BCUT2D eigenvalue weighted by Crippen LogP contribution is 2.33. The Morgan fingerprint density at radius 2 is 1.96 bits per heavy atom. The molecule has 0 bridgehead atoms. The zero-order chi connectivity index (χ0) is 19.9. The maximum absolute atomic E-state index is 12.0. The molecule has 1 amide bonds. The van der Waals surface area contributed by atoms with Crippen molar-refractivity contribution in [3.8, 4) is 11.1 Å². The molecule has 8 heteroatoms. The molecule has 1 aliphatic rings. The predicted molar refractivity (Wildman–Crippen MR) is 111 cm³/mol. The van der Waals surface area contributed by atoms with Gasteiger partial charge >= 0.3 is 0 Å². The summed E-state index contributed by atoms with van der Waals surface area (Å²) in [5, 5.41) is 2.80. The number of amides is 1. The SMILES string of the molecule is NC(=O)c1cc(-c2csc(C=O)c2)cc2c(CC3CCS(=O)(=O)CC3)c[nH]c12. The van der Waals surface area contributed by atoms with Gasteiger partial charge in [0, 0.05) is 11.6 Å². The van der Waals surface area contributed by atoms with E-state index in [1.807, 2.05) is 17.6 Å². The summed E-state index contributed by atoms with van der Waals surface area (Å²) >= 11 is 1.35. The van der Waals surface area contributed by atoms with Crippen molar-refractivity contribution in [1.29, 1.82) is 0 Å². The number of H-pyrrole nitrogens is 1. The number of hydrogen-bond donors (Lipinski definition) is 2. The van der Waals surface area contributed by atoms with Crippen LogP contribution in [-0.4, -0.2) is 37.1 Å². The lowest BCUT2D eigenvalue weighted by atomic mass is 9.92. The zero-order valence-corrected chi connectivity index (χ0v) is 16.7. The van der Waals surface area contributed by atoms with Crippen LogP contribution in [0.4, 0.5) is 0 Å². The Morgan fingerprint density at radius 3 is 2.61 bits per heavy atom. The number of aromatic nitrogens is 1. The number of nitrogens with two attached hydrogens (primary N) is 1. The van der Waals surface area contributed by atoms with Gasteiger partial charge in [0.2, 0.25) is 0 Å². The Kier molecular flexibility index (Phi) is 4.84. The smallest absolute Gasteiger partial charge is 0.250 e. The number of fused-ring (bicyclic) bond motifs is 1. The van der Waals surface area contributed by atoms with Crippen molar-refractivity contribution >= 4 is 44.3 Å². The topological polar surface area (TPSA) is 110 Å². The molecule has 2 aromatic heterocycles. The van der Waals surface area contributed by atoms with Crippen LogP contribution in [0.5, 0.6) is 0 Å². The monoisotopic (exact) mass is 416 g/mol. The van der Waals surface area contributed by atoms with Crippen molar-refractivity contribution < 1.29 is 18.0 Å². The van der Waals surface area contributed by atoms with Crippen molar-refractivity contribution in [1.82, 2.24) is 4.98 Å². The molecule has 146 valence electrons. The van der Waals surface area contributed by atoms with Crippen molar-refractivity contribution in [3.05, 3.63) is 45.8 Å². The van der Waals surface area contributed by atoms with E-state index in [4.69, 9.17) is 5.73 Å². The Morgan fingerprint density at radius 1 is 1.21 bits per heavy atom. The van der Waals surface area contributed by atoms with Crippen LogP contribution in [0.2, 0.25) is 0 Å². The zero-order valence-electron chi connectivity index (χ0n) is 15.1. The number of rotatable bonds is 5. The second kappa shape index (κ2) is 7.18. The average Bonchev–Trinajstić information content (AvgIpc) is 3.30. The van der Waals surface area contributed by atoms with Crippen LogP contribution >= 0.6 is 11.3 Å². The molecule has 0 spiro atoms. The quantitative estimate of drug-likeness (QED) is 0.622. The summed E-state index contributed by atoms with van der Waals surface area (Å²) in [5.74, 6) is 0.253. The van der Waals surface area contributed by atoms with Gasteiger partial charge in [0.05, 0.1) is 27.5 Å². The van der Waals surface area contributed by atoms with Gasteiger partial charge in [-0.2, -0.15) is 0 Å². The van der Waals surface area contributed by atoms with E-state index in [0.717, 1.165) is 34.8 Å². The van der Waals surface area contributed by atoms with Crippen LogP contribution < -0.4 is 5.73 Å². The minimum Gasteiger partial charge on any atom is -0.366 e. The molecule has 1 aliphatic heterocycles. The summed E-state index contributed by atoms with van der Waals surface area (Å²) < 4.78 is 23.4. The number of aromatic amines is 1. The molecule has 4 rings (SSSR count). The molecule has 28 heavy (non-hydrogen) atoms. The standard InChI is InChI=1S/C20H20N2O4S2/c21-20(24)18-8-13(15-6-16(10-23)27-11-15)7-17-14(9-22-19(17)18)5-12-1-3-28(25,26)4-2-12/h6-12,22H,1-5H2,(H2,21,24). The first-order chi connectivity index (χ1) is 13.4. The lowest BCUT2D eigenvalue weighted by Crippen LogP contribution is -2.24. The maximum atomic E-state index is 12.0. The van der Waals surface area contributed by atoms with Gasteiger partial charge in [-0.3, -0.25) is 9.59 Å². The van der Waals surface area contributed by atoms with E-state index in [1.54, 1.807) is 12.1 Å². The van der Waals surface area contributed by atoms with Crippen LogP contribution in [0.25, 0.3) is 22.0 Å². The van der Waals surface area contributed by atoms with Gasteiger partial charge in [-0.05, 0) is 65.4 Å². The molecule has 6 nitrogen and oxygen atoms in total. The fourth-order valence-corrected chi connectivity index (χ4v) is 6.14. The number of aldehydes is 1. The molecule has 1 aromatic carbocycles. The van der Waals surface area contributed by atoms with Gasteiger partial charge < -0.3 is 10.7 Å². The molecule has 0 atom stereocenters. The number of hydrogen-bond acceptors (Lipinski definition) is 5. The third-order valence-corrected chi connectivity index (χ3v) is 7.97. The summed E-state index contributed by atoms with van der Waals surface area (Å²) in [4.78, 5) is 26.8. The van der Waals surface area contributed by atoms with Gasteiger partial charge in [0.15, 0.2) is 6.29 Å². The molecular weight excluding hydrogens is 396 g/mol. The van der Waals surface area contributed by atoms with Crippen LogP contribution in [0.1, 0.15) is 38.4 Å². The summed E-state index contributed by atoms with van der Waals surface area (Å²) in [6, 6.07) is 5.54. The lowest BCUT2D eigenvalue weighted by molar-refractivity contribution is 0.100. The minimum absolute atomic E-state index is 0.237. The van der Waals surface area contributed by atoms with E-state index in [-0.39, 0.29) is 11.5 Å². The largest absolute Gasteiger partial charge is 0.366 e. The summed E-state index contributed by atoms with van der Waals surface area (Å²) in [6.07, 6.45) is 4.75. The molecule has 0 radical (unpaired) electrons. The number of sulfone groups is 1. The number of carbonyl (C=O) groups is 2. The van der Waals surface area contributed by atoms with Gasteiger partial charge in [-0.1, -0.05) is 0 Å². The first-order valence-electron chi connectivity index (χ1n) is 9.04. The maximum Gasteiger partial charge on any atom is 0.250 e. The summed E-state index contributed by atoms with van der Waals surface area (Å²) in [7, 11) is -2.89. The molecular formula is C20H20N2O4S2.